The molecule has 0 spiro atoms. The van der Waals surface area contributed by atoms with Crippen LogP contribution in [0.2, 0.25) is 0 Å². The van der Waals surface area contributed by atoms with E-state index in [0.717, 1.165) is 0 Å². The van der Waals surface area contributed by atoms with Gasteiger partial charge in [-0.1, -0.05) is 0 Å². The summed E-state index contributed by atoms with van der Waals surface area (Å²) in [6.45, 7) is 0.795. The van der Waals surface area contributed by atoms with Gasteiger partial charge in [0.15, 0.2) is 11.5 Å². The van der Waals surface area contributed by atoms with Crippen molar-refractivity contribution in [1.82, 2.24) is 20.2 Å². The number of H-pyrrole nitrogens is 2. The Kier molecular flexibility index (Phi) is 4.09. The maximum absolute atomic E-state index is 12.4. The Bertz CT molecular complexity index is 1200. The monoisotopic (exact) mass is 390 g/mol. The number of fused-ring (bicyclic) bond motifs is 2. The molecule has 2 heterocycles. The highest BCUT2D eigenvalue weighted by molar-refractivity contribution is 7.89. The molecule has 140 valence electrons. The van der Waals surface area contributed by atoms with Gasteiger partial charge in [-0.25, -0.2) is 13.2 Å². The maximum atomic E-state index is 12.4. The summed E-state index contributed by atoms with van der Waals surface area (Å²) in [7, 11) is -4.04. The van der Waals surface area contributed by atoms with Crippen LogP contribution in [-0.4, -0.2) is 37.5 Å². The molecule has 10 nitrogen and oxygen atoms in total. The Labute approximate surface area is 152 Å². The van der Waals surface area contributed by atoms with E-state index in [4.69, 9.17) is 9.47 Å². The summed E-state index contributed by atoms with van der Waals surface area (Å²) in [4.78, 5) is 30.4. The minimum atomic E-state index is -4.04. The van der Waals surface area contributed by atoms with Crippen LogP contribution >= 0.6 is 0 Å². The molecule has 0 radical (unpaired) electrons. The molecule has 1 amide bonds. The fraction of sp³-hybridized carbons (Fsp3) is 0.125. The lowest BCUT2D eigenvalue weighted by molar-refractivity contribution is 0.0944. The molecule has 3 aromatic rings. The number of rotatable bonds is 4. The molecule has 1 aliphatic rings. The maximum Gasteiger partial charge on any atom is 0.323 e. The first-order valence-corrected chi connectivity index (χ1v) is 9.34. The Morgan fingerprint density at radius 1 is 0.963 bits per heavy atom. The highest BCUT2D eigenvalue weighted by Gasteiger charge is 2.19. The number of carbonyl (C=O) groups excluding carboxylic acids is 1. The molecule has 27 heavy (non-hydrogen) atoms. The van der Waals surface area contributed by atoms with Crippen molar-refractivity contribution in [1.29, 1.82) is 0 Å². The molecular formula is C16H14N4O6S. The summed E-state index contributed by atoms with van der Waals surface area (Å²) in [5.41, 5.74) is 2.71. The van der Waals surface area contributed by atoms with E-state index in [1.807, 2.05) is 4.83 Å². The highest BCUT2D eigenvalue weighted by atomic mass is 32.2. The number of carbonyl (C=O) groups is 1. The number of nitrogens with one attached hydrogen (secondary N) is 4. The molecule has 1 aliphatic heterocycles. The van der Waals surface area contributed by atoms with Crippen LogP contribution in [0, 0.1) is 0 Å². The zero-order chi connectivity index (χ0) is 19.0. The summed E-state index contributed by atoms with van der Waals surface area (Å²) < 4.78 is 35.5. The minimum Gasteiger partial charge on any atom is -0.486 e. The van der Waals surface area contributed by atoms with Crippen LogP contribution in [0.25, 0.3) is 11.0 Å². The van der Waals surface area contributed by atoms with Crippen molar-refractivity contribution in [3.05, 3.63) is 52.4 Å². The van der Waals surface area contributed by atoms with E-state index in [2.05, 4.69) is 15.4 Å². The van der Waals surface area contributed by atoms with Gasteiger partial charge in [-0.3, -0.25) is 10.2 Å². The summed E-state index contributed by atoms with van der Waals surface area (Å²) in [5.74, 6) is 0.275. The van der Waals surface area contributed by atoms with Crippen molar-refractivity contribution >= 4 is 27.0 Å². The van der Waals surface area contributed by atoms with E-state index >= 15 is 0 Å². The van der Waals surface area contributed by atoms with E-state index in [0.29, 0.717) is 35.7 Å². The average Bonchev–Trinajstić information content (AvgIpc) is 3.05. The number of aromatic nitrogens is 2. The number of hydrogen-bond donors (Lipinski definition) is 4. The Balaban J connectivity index is 1.50. The number of benzene rings is 2. The molecule has 0 atom stereocenters. The molecule has 0 saturated carbocycles. The normalized spacial score (nSPS) is 13.5. The first-order valence-electron chi connectivity index (χ1n) is 7.86. The average molecular weight is 390 g/mol. The molecule has 4 rings (SSSR count). The summed E-state index contributed by atoms with van der Waals surface area (Å²) >= 11 is 0. The van der Waals surface area contributed by atoms with Crippen molar-refractivity contribution in [2.75, 3.05) is 13.2 Å². The van der Waals surface area contributed by atoms with E-state index in [1.165, 1.54) is 30.3 Å². The highest BCUT2D eigenvalue weighted by Crippen LogP contribution is 2.30. The van der Waals surface area contributed by atoms with Crippen molar-refractivity contribution in [3.63, 3.8) is 0 Å². The van der Waals surface area contributed by atoms with Crippen molar-refractivity contribution in [2.24, 2.45) is 0 Å². The van der Waals surface area contributed by atoms with Gasteiger partial charge in [-0.05, 0) is 36.4 Å². The number of sulfonamides is 1. The molecule has 0 bridgehead atoms. The predicted molar refractivity (Wildman–Crippen MR) is 94.1 cm³/mol. The topological polar surface area (TPSA) is 142 Å². The first kappa shape index (κ1) is 17.1. The van der Waals surface area contributed by atoms with Gasteiger partial charge in [-0.2, -0.15) is 0 Å². The summed E-state index contributed by atoms with van der Waals surface area (Å²) in [6.07, 6.45) is 0. The standard InChI is InChI=1S/C16H14N4O6S/c21-15(9-1-4-13-14(7-9)26-6-5-25-13)19-20-27(23,24)10-2-3-11-12(8-10)18-16(22)17-11/h1-4,7-8,20H,5-6H2,(H,19,21)(H2,17,18,22). The van der Waals surface area contributed by atoms with Crippen molar-refractivity contribution in [3.8, 4) is 11.5 Å². The zero-order valence-corrected chi connectivity index (χ0v) is 14.6. The number of hydrogen-bond acceptors (Lipinski definition) is 6. The van der Waals surface area contributed by atoms with Crippen LogP contribution in [0.15, 0.2) is 46.1 Å². The summed E-state index contributed by atoms with van der Waals surface area (Å²) in [6, 6.07) is 8.58. The van der Waals surface area contributed by atoms with Crippen molar-refractivity contribution < 1.29 is 22.7 Å². The second kappa shape index (κ2) is 6.45. The smallest absolute Gasteiger partial charge is 0.323 e. The fourth-order valence-corrected chi connectivity index (χ4v) is 3.47. The van der Waals surface area contributed by atoms with Crippen LogP contribution in [0.3, 0.4) is 0 Å². The second-order valence-electron chi connectivity index (χ2n) is 5.70. The fourth-order valence-electron chi connectivity index (χ4n) is 2.61. The third-order valence-corrected chi connectivity index (χ3v) is 5.15. The third kappa shape index (κ3) is 3.37. The van der Waals surface area contributed by atoms with Gasteiger partial charge < -0.3 is 19.4 Å². The van der Waals surface area contributed by atoms with E-state index in [1.54, 1.807) is 6.07 Å². The first-order chi connectivity index (χ1) is 12.9. The van der Waals surface area contributed by atoms with Crippen LogP contribution in [0.4, 0.5) is 0 Å². The Morgan fingerprint density at radius 3 is 2.52 bits per heavy atom. The SMILES string of the molecule is O=C(NNS(=O)(=O)c1ccc2[nH]c(=O)[nH]c2c1)c1ccc2c(c1)OCCO2. The lowest BCUT2D eigenvalue weighted by atomic mass is 10.2. The Hall–Kier alpha value is -3.31. The molecule has 4 N–H and O–H groups in total. The van der Waals surface area contributed by atoms with Crippen molar-refractivity contribution in [2.45, 2.75) is 4.90 Å². The van der Waals surface area contributed by atoms with Gasteiger partial charge >= 0.3 is 5.69 Å². The van der Waals surface area contributed by atoms with Gasteiger partial charge in [0, 0.05) is 5.56 Å². The van der Waals surface area contributed by atoms with Gasteiger partial charge in [0.25, 0.3) is 15.9 Å². The number of ether oxygens (including phenoxy) is 2. The number of amides is 1. The number of aromatic amines is 2. The molecule has 0 unspecified atom stereocenters. The second-order valence-corrected chi connectivity index (χ2v) is 7.39. The van der Waals surface area contributed by atoms with E-state index in [-0.39, 0.29) is 10.5 Å². The van der Waals surface area contributed by atoms with Crippen LogP contribution in [-0.2, 0) is 10.0 Å². The molecular weight excluding hydrogens is 376 g/mol. The lowest BCUT2D eigenvalue weighted by Gasteiger charge is -2.18. The number of hydrazine groups is 1. The zero-order valence-electron chi connectivity index (χ0n) is 13.7. The molecule has 0 saturated heterocycles. The molecule has 1 aromatic heterocycles. The van der Waals surface area contributed by atoms with Crippen LogP contribution < -0.4 is 25.4 Å². The third-order valence-electron chi connectivity index (χ3n) is 3.90. The van der Waals surface area contributed by atoms with Gasteiger partial charge in [0.1, 0.15) is 13.2 Å². The molecule has 0 aliphatic carbocycles. The molecule has 11 heteroatoms. The predicted octanol–water partition coefficient (Wildman–Crippen LogP) is 0.251. The Morgan fingerprint density at radius 2 is 1.70 bits per heavy atom. The largest absolute Gasteiger partial charge is 0.486 e. The molecule has 0 fully saturated rings. The van der Waals surface area contributed by atoms with E-state index in [9.17, 15) is 18.0 Å². The molecule has 2 aromatic carbocycles. The quantitative estimate of drug-likeness (QED) is 0.471. The van der Waals surface area contributed by atoms with Crippen LogP contribution in [0.1, 0.15) is 10.4 Å². The summed E-state index contributed by atoms with van der Waals surface area (Å²) in [5, 5.41) is 0. The lowest BCUT2D eigenvalue weighted by Crippen LogP contribution is -2.41. The number of imidazole rings is 1. The van der Waals surface area contributed by atoms with Crippen LogP contribution in [0.5, 0.6) is 11.5 Å². The van der Waals surface area contributed by atoms with E-state index < -0.39 is 21.6 Å². The van der Waals surface area contributed by atoms with Gasteiger partial charge in [-0.15, -0.1) is 4.83 Å². The minimum absolute atomic E-state index is 0.118. The van der Waals surface area contributed by atoms with Gasteiger partial charge in [0.2, 0.25) is 0 Å². The van der Waals surface area contributed by atoms with Gasteiger partial charge in [0.05, 0.1) is 15.9 Å².